The van der Waals surface area contributed by atoms with Gasteiger partial charge in [0.05, 0.1) is 12.2 Å². The van der Waals surface area contributed by atoms with Crippen LogP contribution in [0, 0.1) is 16.6 Å². The molecule has 1 N–H and O–H groups in total. The van der Waals surface area contributed by atoms with Crippen LogP contribution in [0.1, 0.15) is 29.6 Å². The van der Waals surface area contributed by atoms with E-state index in [0.29, 0.717) is 18.1 Å². The minimum atomic E-state index is -0.189. The van der Waals surface area contributed by atoms with E-state index >= 15 is 0 Å². The smallest absolute Gasteiger partial charge is 0.340 e. The van der Waals surface area contributed by atoms with Gasteiger partial charge in [-0.05, 0) is 118 Å². The van der Waals surface area contributed by atoms with Crippen LogP contribution < -0.4 is 5.32 Å². The number of piperidine rings is 1. The van der Waals surface area contributed by atoms with Crippen molar-refractivity contribution < 1.29 is 9.53 Å². The molecule has 1 aliphatic rings. The van der Waals surface area contributed by atoms with E-state index in [9.17, 15) is 4.79 Å². The molecule has 1 saturated heterocycles. The Bertz CT molecular complexity index is 488. The summed E-state index contributed by atoms with van der Waals surface area (Å²) in [6.07, 6.45) is 3.36. The summed E-state index contributed by atoms with van der Waals surface area (Å²) in [5, 5.41) is 3.35. The number of ether oxygens (including phenoxy) is 1. The number of benzene rings is 1. The highest BCUT2D eigenvalue weighted by molar-refractivity contribution is 14.1. The fourth-order valence-corrected chi connectivity index (χ4v) is 4.60. The lowest BCUT2D eigenvalue weighted by Gasteiger charge is -2.22. The van der Waals surface area contributed by atoms with Crippen molar-refractivity contribution >= 4 is 73.7 Å². The molecule has 0 aliphatic carbocycles. The predicted octanol–water partition coefficient (Wildman–Crippen LogP) is 4.05. The molecule has 0 amide bonds. The van der Waals surface area contributed by atoms with E-state index in [-0.39, 0.29) is 5.97 Å². The average Bonchev–Trinajstić information content (AvgIpc) is 2.44. The highest BCUT2D eigenvalue weighted by atomic mass is 127. The van der Waals surface area contributed by atoms with Gasteiger partial charge in [-0.1, -0.05) is 0 Å². The highest BCUT2D eigenvalue weighted by Gasteiger charge is 2.19. The Kier molecular flexibility index (Phi) is 7.28. The average molecular weight is 611 g/mol. The Morgan fingerprint density at radius 1 is 1.20 bits per heavy atom. The zero-order valence-corrected chi connectivity index (χ0v) is 17.4. The summed E-state index contributed by atoms with van der Waals surface area (Å²) in [6.45, 7) is 2.71. The molecule has 2 rings (SSSR count). The van der Waals surface area contributed by atoms with Gasteiger partial charge in [0, 0.05) is 10.7 Å². The SMILES string of the molecule is O=C(OCCC1CCNCC1)c1c(I)ccc(I)c1I. The van der Waals surface area contributed by atoms with Gasteiger partial charge in [-0.25, -0.2) is 4.79 Å². The van der Waals surface area contributed by atoms with Crippen LogP contribution in [0.3, 0.4) is 0 Å². The van der Waals surface area contributed by atoms with E-state index in [1.54, 1.807) is 0 Å². The van der Waals surface area contributed by atoms with Crippen LogP contribution in [0.2, 0.25) is 0 Å². The van der Waals surface area contributed by atoms with Crippen LogP contribution in [-0.2, 0) is 4.74 Å². The van der Waals surface area contributed by atoms with Gasteiger partial charge in [0.25, 0.3) is 0 Å². The van der Waals surface area contributed by atoms with Crippen LogP contribution in [0.25, 0.3) is 0 Å². The van der Waals surface area contributed by atoms with E-state index in [0.717, 1.165) is 30.2 Å². The Morgan fingerprint density at radius 3 is 2.55 bits per heavy atom. The Labute approximate surface area is 160 Å². The first-order chi connectivity index (χ1) is 9.59. The van der Waals surface area contributed by atoms with Gasteiger partial charge in [-0.2, -0.15) is 0 Å². The second-order valence-electron chi connectivity index (χ2n) is 4.84. The zero-order valence-electron chi connectivity index (χ0n) is 10.9. The number of hydrogen-bond acceptors (Lipinski definition) is 3. The molecule has 1 heterocycles. The standard InChI is InChI=1S/C14H16I3NO2/c15-10-1-2-11(16)13(17)12(10)14(19)20-8-5-9-3-6-18-7-4-9/h1-2,9,18H,3-8H2. The molecule has 0 spiro atoms. The van der Waals surface area contributed by atoms with Gasteiger partial charge in [-0.3, -0.25) is 0 Å². The van der Waals surface area contributed by atoms with Gasteiger partial charge in [0.2, 0.25) is 0 Å². The molecule has 1 aromatic carbocycles. The minimum absolute atomic E-state index is 0.189. The van der Waals surface area contributed by atoms with Gasteiger partial charge >= 0.3 is 5.97 Å². The lowest BCUT2D eigenvalue weighted by Crippen LogP contribution is -2.28. The van der Waals surface area contributed by atoms with Crippen LogP contribution in [0.5, 0.6) is 0 Å². The molecule has 0 bridgehead atoms. The van der Waals surface area contributed by atoms with Crippen molar-refractivity contribution in [2.24, 2.45) is 5.92 Å². The van der Waals surface area contributed by atoms with E-state index in [2.05, 4.69) is 73.1 Å². The molecule has 6 heteroatoms. The number of carbonyl (C=O) groups is 1. The van der Waals surface area contributed by atoms with Crippen molar-refractivity contribution in [3.63, 3.8) is 0 Å². The summed E-state index contributed by atoms with van der Waals surface area (Å²) < 4.78 is 8.51. The number of esters is 1. The molecule has 1 aromatic rings. The first-order valence-corrected chi connectivity index (χ1v) is 9.84. The third kappa shape index (κ3) is 4.67. The van der Waals surface area contributed by atoms with Gasteiger partial charge in [0.15, 0.2) is 0 Å². The topological polar surface area (TPSA) is 38.3 Å². The summed E-state index contributed by atoms with van der Waals surface area (Å²) >= 11 is 6.66. The van der Waals surface area contributed by atoms with Crippen LogP contribution in [-0.4, -0.2) is 25.7 Å². The van der Waals surface area contributed by atoms with E-state index in [1.165, 1.54) is 12.8 Å². The van der Waals surface area contributed by atoms with E-state index < -0.39 is 0 Å². The quantitative estimate of drug-likeness (QED) is 0.318. The van der Waals surface area contributed by atoms with E-state index in [1.807, 2.05) is 12.1 Å². The Balaban J connectivity index is 1.90. The monoisotopic (exact) mass is 611 g/mol. The normalized spacial score (nSPS) is 16.1. The molecule has 3 nitrogen and oxygen atoms in total. The third-order valence-corrected chi connectivity index (χ3v) is 7.42. The Morgan fingerprint density at radius 2 is 1.85 bits per heavy atom. The lowest BCUT2D eigenvalue weighted by atomic mass is 9.95. The number of halogens is 3. The van der Waals surface area contributed by atoms with Crippen molar-refractivity contribution in [2.45, 2.75) is 19.3 Å². The molecule has 0 unspecified atom stereocenters. The molecule has 0 aromatic heterocycles. The molecule has 1 aliphatic heterocycles. The molecule has 1 fully saturated rings. The van der Waals surface area contributed by atoms with Crippen molar-refractivity contribution in [1.29, 1.82) is 0 Å². The summed E-state index contributed by atoms with van der Waals surface area (Å²) in [4.78, 5) is 12.2. The van der Waals surface area contributed by atoms with Gasteiger partial charge in [-0.15, -0.1) is 0 Å². The molecular formula is C14H16I3NO2. The first kappa shape index (κ1) is 17.2. The van der Waals surface area contributed by atoms with Crippen molar-refractivity contribution in [2.75, 3.05) is 19.7 Å². The number of nitrogens with one attached hydrogen (secondary N) is 1. The van der Waals surface area contributed by atoms with Crippen molar-refractivity contribution in [3.8, 4) is 0 Å². The second kappa shape index (κ2) is 8.47. The molecule has 20 heavy (non-hydrogen) atoms. The highest BCUT2D eigenvalue weighted by Crippen LogP contribution is 2.25. The second-order valence-corrected chi connectivity index (χ2v) is 8.24. The first-order valence-electron chi connectivity index (χ1n) is 6.61. The summed E-state index contributed by atoms with van der Waals surface area (Å²) in [5.41, 5.74) is 0.711. The largest absolute Gasteiger partial charge is 0.462 e. The maximum atomic E-state index is 12.2. The molecule has 0 atom stereocenters. The fraction of sp³-hybridized carbons (Fsp3) is 0.500. The van der Waals surface area contributed by atoms with Crippen molar-refractivity contribution in [3.05, 3.63) is 28.4 Å². The molecule has 110 valence electrons. The molecular weight excluding hydrogens is 595 g/mol. The third-order valence-electron chi connectivity index (χ3n) is 3.47. The van der Waals surface area contributed by atoms with Crippen LogP contribution >= 0.6 is 67.8 Å². The lowest BCUT2D eigenvalue weighted by molar-refractivity contribution is 0.0474. The van der Waals surface area contributed by atoms with E-state index in [4.69, 9.17) is 4.74 Å². The molecule has 0 radical (unpaired) electrons. The zero-order chi connectivity index (χ0) is 14.5. The number of hydrogen-bond donors (Lipinski definition) is 1. The van der Waals surface area contributed by atoms with Crippen LogP contribution in [0.15, 0.2) is 12.1 Å². The van der Waals surface area contributed by atoms with Crippen molar-refractivity contribution in [1.82, 2.24) is 5.32 Å². The summed E-state index contributed by atoms with van der Waals surface area (Å²) in [5.74, 6) is 0.504. The predicted molar refractivity (Wildman–Crippen MR) is 105 cm³/mol. The molecule has 0 saturated carbocycles. The fourth-order valence-electron chi connectivity index (χ4n) is 2.28. The Hall–Kier alpha value is 0.840. The summed E-state index contributed by atoms with van der Waals surface area (Å²) in [7, 11) is 0. The maximum absolute atomic E-state index is 12.2. The summed E-state index contributed by atoms with van der Waals surface area (Å²) in [6, 6.07) is 3.99. The minimum Gasteiger partial charge on any atom is -0.462 e. The van der Waals surface area contributed by atoms with Crippen LogP contribution in [0.4, 0.5) is 0 Å². The number of rotatable bonds is 4. The number of carbonyl (C=O) groups excluding carboxylic acids is 1. The maximum Gasteiger partial charge on any atom is 0.340 e. The van der Waals surface area contributed by atoms with Gasteiger partial charge in [0.1, 0.15) is 0 Å². The van der Waals surface area contributed by atoms with Gasteiger partial charge < -0.3 is 10.1 Å².